The van der Waals surface area contributed by atoms with E-state index in [0.717, 1.165) is 0 Å². The second-order valence-electron chi connectivity index (χ2n) is 7.54. The molecule has 0 saturated carbocycles. The molecule has 0 spiro atoms. The number of aliphatic carboxylic acids is 2. The number of hydrogen-bond donors (Lipinski definition) is 8. The molecule has 0 rings (SSSR count). The summed E-state index contributed by atoms with van der Waals surface area (Å²) in [6.07, 6.45) is -1.15. The Morgan fingerprint density at radius 3 is 1.78 bits per heavy atom. The van der Waals surface area contributed by atoms with Crippen molar-refractivity contribution in [2.45, 2.75) is 63.7 Å². The number of carbonyl (C=O) groups is 6. The van der Waals surface area contributed by atoms with Crippen molar-refractivity contribution < 1.29 is 44.1 Å². The van der Waals surface area contributed by atoms with E-state index in [-0.39, 0.29) is 25.2 Å². The fourth-order valence-electron chi connectivity index (χ4n) is 2.55. The maximum Gasteiger partial charge on any atom is 0.328 e. The summed E-state index contributed by atoms with van der Waals surface area (Å²) < 4.78 is 0. The molecule has 14 heteroatoms. The number of primary amides is 1. The zero-order chi connectivity index (χ0) is 25.0. The number of carboxylic acids is 2. The Hall–Kier alpha value is -3.26. The third kappa shape index (κ3) is 11.2. The van der Waals surface area contributed by atoms with Crippen molar-refractivity contribution in [3.8, 4) is 0 Å². The number of carboxylic acid groups (broad SMARTS) is 2. The first-order valence-electron chi connectivity index (χ1n) is 9.78. The first-order chi connectivity index (χ1) is 14.8. The highest BCUT2D eigenvalue weighted by Crippen LogP contribution is 2.08. The molecule has 4 unspecified atom stereocenters. The largest absolute Gasteiger partial charge is 0.481 e. The van der Waals surface area contributed by atoms with Gasteiger partial charge < -0.3 is 42.7 Å². The van der Waals surface area contributed by atoms with Crippen LogP contribution in [0.2, 0.25) is 0 Å². The van der Waals surface area contributed by atoms with Crippen LogP contribution in [0.1, 0.15) is 39.5 Å². The Bertz CT molecular complexity index is 713. The molecule has 0 radical (unpaired) electrons. The predicted octanol–water partition coefficient (Wildman–Crippen LogP) is -3.37. The van der Waals surface area contributed by atoms with E-state index in [9.17, 15) is 28.8 Å². The molecule has 4 amide bonds. The summed E-state index contributed by atoms with van der Waals surface area (Å²) in [6.45, 7) is 2.59. The molecule has 0 aromatic carbocycles. The standard InChI is InChI=1S/C18H31N5O9/c1-8(2)5-11(22-15(28)9(19)6-14(26)27)17(30)21-10(3-4-13(20)25)16(29)23-12(7-24)18(31)32/h8-12,24H,3-7,19H2,1-2H3,(H2,20,25)(H,21,30)(H,22,28)(H,23,29)(H,26,27)(H,31,32). The summed E-state index contributed by atoms with van der Waals surface area (Å²) in [7, 11) is 0. The summed E-state index contributed by atoms with van der Waals surface area (Å²) in [5, 5.41) is 33.5. The maximum absolute atomic E-state index is 12.8. The average molecular weight is 461 g/mol. The molecule has 4 atom stereocenters. The lowest BCUT2D eigenvalue weighted by atomic mass is 10.0. The highest BCUT2D eigenvalue weighted by Gasteiger charge is 2.31. The van der Waals surface area contributed by atoms with Crippen molar-refractivity contribution in [2.24, 2.45) is 17.4 Å². The molecule has 0 aliphatic heterocycles. The van der Waals surface area contributed by atoms with E-state index in [1.165, 1.54) is 0 Å². The van der Waals surface area contributed by atoms with E-state index in [1.54, 1.807) is 13.8 Å². The summed E-state index contributed by atoms with van der Waals surface area (Å²) in [6, 6.07) is -5.65. The quantitative estimate of drug-likeness (QED) is 0.120. The summed E-state index contributed by atoms with van der Waals surface area (Å²) in [5.41, 5.74) is 10.6. The smallest absolute Gasteiger partial charge is 0.328 e. The van der Waals surface area contributed by atoms with Gasteiger partial charge in [0, 0.05) is 6.42 Å². The molecule has 0 aliphatic carbocycles. The Kier molecular flexibility index (Phi) is 12.5. The van der Waals surface area contributed by atoms with Crippen molar-refractivity contribution in [3.05, 3.63) is 0 Å². The Balaban J connectivity index is 5.49. The number of nitrogens with two attached hydrogens (primary N) is 2. The molecule has 10 N–H and O–H groups in total. The van der Waals surface area contributed by atoms with Crippen molar-refractivity contribution >= 4 is 35.6 Å². The second-order valence-corrected chi connectivity index (χ2v) is 7.54. The number of rotatable bonds is 15. The predicted molar refractivity (Wildman–Crippen MR) is 109 cm³/mol. The molecule has 0 bridgehead atoms. The minimum Gasteiger partial charge on any atom is -0.481 e. The lowest BCUT2D eigenvalue weighted by Crippen LogP contribution is -2.57. The molecule has 0 aromatic rings. The van der Waals surface area contributed by atoms with E-state index >= 15 is 0 Å². The molecular formula is C18H31N5O9. The van der Waals surface area contributed by atoms with Gasteiger partial charge in [0.25, 0.3) is 0 Å². The first-order valence-corrected chi connectivity index (χ1v) is 9.78. The van der Waals surface area contributed by atoms with Gasteiger partial charge in [0.05, 0.1) is 19.1 Å². The van der Waals surface area contributed by atoms with Gasteiger partial charge >= 0.3 is 11.9 Å². The van der Waals surface area contributed by atoms with Crippen LogP contribution in [0.3, 0.4) is 0 Å². The average Bonchev–Trinajstić information content (AvgIpc) is 2.66. The maximum atomic E-state index is 12.8. The summed E-state index contributed by atoms with van der Waals surface area (Å²) in [4.78, 5) is 70.2. The fourth-order valence-corrected chi connectivity index (χ4v) is 2.55. The Labute approximate surface area is 184 Å². The van der Waals surface area contributed by atoms with Crippen LogP contribution in [0.15, 0.2) is 0 Å². The number of aliphatic hydroxyl groups excluding tert-OH is 1. The number of aliphatic hydroxyl groups is 1. The van der Waals surface area contributed by atoms with Gasteiger partial charge in [-0.3, -0.25) is 24.0 Å². The van der Waals surface area contributed by atoms with Crippen molar-refractivity contribution in [2.75, 3.05) is 6.61 Å². The minimum absolute atomic E-state index is 0.106. The van der Waals surface area contributed by atoms with E-state index in [4.69, 9.17) is 26.8 Å². The SMILES string of the molecule is CC(C)CC(NC(=O)C(N)CC(=O)O)C(=O)NC(CCC(N)=O)C(=O)NC(CO)C(=O)O. The molecule has 0 aliphatic rings. The zero-order valence-corrected chi connectivity index (χ0v) is 17.9. The first kappa shape index (κ1) is 28.7. The zero-order valence-electron chi connectivity index (χ0n) is 17.9. The highest BCUT2D eigenvalue weighted by molar-refractivity contribution is 5.95. The van der Waals surface area contributed by atoms with Crippen LogP contribution in [0, 0.1) is 5.92 Å². The molecule has 0 heterocycles. The monoisotopic (exact) mass is 461 g/mol. The van der Waals surface area contributed by atoms with Crippen LogP contribution in [-0.4, -0.2) is 81.7 Å². The normalized spacial score (nSPS) is 14.5. The number of hydrogen-bond acceptors (Lipinski definition) is 8. The third-order valence-corrected chi connectivity index (χ3v) is 4.18. The molecule has 0 aromatic heterocycles. The number of amides is 4. The lowest BCUT2D eigenvalue weighted by molar-refractivity contribution is -0.143. The van der Waals surface area contributed by atoms with Crippen molar-refractivity contribution in [1.29, 1.82) is 0 Å². The van der Waals surface area contributed by atoms with Crippen LogP contribution in [-0.2, 0) is 28.8 Å². The molecule has 32 heavy (non-hydrogen) atoms. The molecular weight excluding hydrogens is 430 g/mol. The fraction of sp³-hybridized carbons (Fsp3) is 0.667. The Morgan fingerprint density at radius 2 is 1.34 bits per heavy atom. The van der Waals surface area contributed by atoms with E-state index in [1.807, 2.05) is 5.32 Å². The van der Waals surface area contributed by atoms with Gasteiger partial charge in [-0.25, -0.2) is 4.79 Å². The van der Waals surface area contributed by atoms with E-state index < -0.39 is 72.8 Å². The van der Waals surface area contributed by atoms with E-state index in [2.05, 4.69) is 10.6 Å². The van der Waals surface area contributed by atoms with Gasteiger partial charge in [-0.05, 0) is 18.8 Å². The lowest BCUT2D eigenvalue weighted by Gasteiger charge is -2.25. The van der Waals surface area contributed by atoms with Gasteiger partial charge in [-0.1, -0.05) is 13.8 Å². The highest BCUT2D eigenvalue weighted by atomic mass is 16.4. The summed E-state index contributed by atoms with van der Waals surface area (Å²) in [5.74, 6) is -6.42. The Morgan fingerprint density at radius 1 is 0.844 bits per heavy atom. The number of carbonyl (C=O) groups excluding carboxylic acids is 4. The van der Waals surface area contributed by atoms with E-state index in [0.29, 0.717) is 0 Å². The van der Waals surface area contributed by atoms with Crippen LogP contribution in [0.25, 0.3) is 0 Å². The van der Waals surface area contributed by atoms with Crippen LogP contribution in [0.4, 0.5) is 0 Å². The van der Waals surface area contributed by atoms with Gasteiger partial charge in [0.1, 0.15) is 18.1 Å². The second kappa shape index (κ2) is 13.9. The third-order valence-electron chi connectivity index (χ3n) is 4.18. The molecule has 0 fully saturated rings. The van der Waals surface area contributed by atoms with Gasteiger partial charge in [-0.2, -0.15) is 0 Å². The topological polar surface area (TPSA) is 251 Å². The van der Waals surface area contributed by atoms with Crippen molar-refractivity contribution in [3.63, 3.8) is 0 Å². The molecule has 182 valence electrons. The van der Waals surface area contributed by atoms with Gasteiger partial charge in [-0.15, -0.1) is 0 Å². The van der Waals surface area contributed by atoms with Crippen LogP contribution >= 0.6 is 0 Å². The van der Waals surface area contributed by atoms with Crippen molar-refractivity contribution in [1.82, 2.24) is 16.0 Å². The molecule has 0 saturated heterocycles. The molecule has 14 nitrogen and oxygen atoms in total. The number of nitrogens with one attached hydrogen (secondary N) is 3. The van der Waals surface area contributed by atoms with Gasteiger partial charge in [0.15, 0.2) is 0 Å². The van der Waals surface area contributed by atoms with Crippen LogP contribution < -0.4 is 27.4 Å². The van der Waals surface area contributed by atoms with Crippen LogP contribution in [0.5, 0.6) is 0 Å². The summed E-state index contributed by atoms with van der Waals surface area (Å²) >= 11 is 0. The minimum atomic E-state index is -1.64. The van der Waals surface area contributed by atoms with Gasteiger partial charge in [0.2, 0.25) is 23.6 Å².